The summed E-state index contributed by atoms with van der Waals surface area (Å²) in [7, 11) is 0. The number of hydrogen-bond acceptors (Lipinski definition) is 4. The summed E-state index contributed by atoms with van der Waals surface area (Å²) < 4.78 is 0. The quantitative estimate of drug-likeness (QED) is 0.810. The molecule has 1 aliphatic carbocycles. The minimum atomic E-state index is -0.189. The summed E-state index contributed by atoms with van der Waals surface area (Å²) >= 11 is 1.64. The van der Waals surface area contributed by atoms with Gasteiger partial charge >= 0.3 is 0 Å². The molecule has 1 aromatic carbocycles. The van der Waals surface area contributed by atoms with E-state index in [0.717, 1.165) is 41.2 Å². The zero-order valence-electron chi connectivity index (χ0n) is 13.6. The Morgan fingerprint density at radius 1 is 1.21 bits per heavy atom. The van der Waals surface area contributed by atoms with Crippen LogP contribution in [0.5, 0.6) is 0 Å². The number of anilines is 2. The van der Waals surface area contributed by atoms with Gasteiger partial charge in [0.15, 0.2) is 0 Å². The third-order valence-electron chi connectivity index (χ3n) is 3.98. The molecule has 1 aliphatic rings. The topological polar surface area (TPSA) is 64.9 Å². The molecule has 1 heterocycles. The van der Waals surface area contributed by atoms with Crippen LogP contribution in [0.1, 0.15) is 35.8 Å². The van der Waals surface area contributed by atoms with Crippen molar-refractivity contribution in [3.8, 4) is 6.07 Å². The molecule has 4 nitrogen and oxygen atoms in total. The van der Waals surface area contributed by atoms with Gasteiger partial charge < -0.3 is 10.6 Å². The Labute approximate surface area is 145 Å². The van der Waals surface area contributed by atoms with Crippen LogP contribution in [-0.4, -0.2) is 5.91 Å². The van der Waals surface area contributed by atoms with E-state index >= 15 is 0 Å². The molecule has 0 aliphatic heterocycles. The zero-order chi connectivity index (χ0) is 16.9. The molecule has 1 aromatic heterocycles. The van der Waals surface area contributed by atoms with Gasteiger partial charge in [-0.25, -0.2) is 0 Å². The maximum atomic E-state index is 12.1. The van der Waals surface area contributed by atoms with Gasteiger partial charge in [-0.2, -0.15) is 5.26 Å². The first-order valence-electron chi connectivity index (χ1n) is 8.03. The van der Waals surface area contributed by atoms with E-state index < -0.39 is 0 Å². The van der Waals surface area contributed by atoms with Gasteiger partial charge in [0, 0.05) is 22.3 Å². The SMILES string of the molecule is C/C(=C/C(=O)Nc1ccccc1)Nc1sc2c(c1C#N)CCCC2. The number of para-hydroxylation sites is 1. The number of nitrogens with one attached hydrogen (secondary N) is 2. The molecule has 1 amide bonds. The fraction of sp³-hybridized carbons (Fsp3) is 0.263. The number of fused-ring (bicyclic) bond motifs is 1. The zero-order valence-corrected chi connectivity index (χ0v) is 14.4. The largest absolute Gasteiger partial charge is 0.350 e. The highest BCUT2D eigenvalue weighted by Crippen LogP contribution is 2.38. The first-order valence-corrected chi connectivity index (χ1v) is 8.85. The van der Waals surface area contributed by atoms with Gasteiger partial charge in [0.2, 0.25) is 5.91 Å². The van der Waals surface area contributed by atoms with Gasteiger partial charge in [-0.1, -0.05) is 18.2 Å². The van der Waals surface area contributed by atoms with Crippen molar-refractivity contribution in [3.63, 3.8) is 0 Å². The Balaban J connectivity index is 1.72. The lowest BCUT2D eigenvalue weighted by molar-refractivity contribution is -0.111. The maximum Gasteiger partial charge on any atom is 0.250 e. The molecule has 0 radical (unpaired) electrons. The van der Waals surface area contributed by atoms with Gasteiger partial charge in [-0.3, -0.25) is 4.79 Å². The molecule has 0 saturated heterocycles. The summed E-state index contributed by atoms with van der Waals surface area (Å²) in [4.78, 5) is 13.4. The number of aryl methyl sites for hydroxylation is 1. The number of hydrogen-bond donors (Lipinski definition) is 2. The number of nitriles is 1. The molecule has 0 saturated carbocycles. The number of nitrogens with zero attached hydrogens (tertiary/aromatic N) is 1. The van der Waals surface area contributed by atoms with Crippen LogP contribution in [0.3, 0.4) is 0 Å². The van der Waals surface area contributed by atoms with Crippen LogP contribution in [0.2, 0.25) is 0 Å². The van der Waals surface area contributed by atoms with E-state index in [1.807, 2.05) is 37.3 Å². The minimum absolute atomic E-state index is 0.189. The molecule has 122 valence electrons. The van der Waals surface area contributed by atoms with Crippen molar-refractivity contribution in [3.05, 3.63) is 58.1 Å². The maximum absolute atomic E-state index is 12.1. The predicted molar refractivity (Wildman–Crippen MR) is 98.1 cm³/mol. The fourth-order valence-corrected chi connectivity index (χ4v) is 4.19. The summed E-state index contributed by atoms with van der Waals surface area (Å²) in [5.74, 6) is -0.189. The number of amides is 1. The van der Waals surface area contributed by atoms with Gasteiger partial charge in [-0.05, 0) is 50.3 Å². The second-order valence-corrected chi connectivity index (χ2v) is 6.94. The molecule has 0 unspecified atom stereocenters. The number of thiophene rings is 1. The van der Waals surface area contributed by atoms with E-state index in [-0.39, 0.29) is 5.91 Å². The number of benzene rings is 1. The van der Waals surface area contributed by atoms with Crippen molar-refractivity contribution in [2.75, 3.05) is 10.6 Å². The van der Waals surface area contributed by atoms with E-state index in [0.29, 0.717) is 0 Å². The third-order valence-corrected chi connectivity index (χ3v) is 5.19. The average molecular weight is 337 g/mol. The predicted octanol–water partition coefficient (Wildman–Crippen LogP) is 4.45. The van der Waals surface area contributed by atoms with E-state index in [2.05, 4.69) is 16.7 Å². The third kappa shape index (κ3) is 3.66. The second-order valence-electron chi connectivity index (χ2n) is 5.83. The fourth-order valence-electron chi connectivity index (χ4n) is 2.88. The first-order chi connectivity index (χ1) is 11.7. The molecule has 0 spiro atoms. The number of allylic oxidation sites excluding steroid dienone is 1. The Kier molecular flexibility index (Phi) is 4.97. The van der Waals surface area contributed by atoms with Gasteiger partial charge in [0.05, 0.1) is 5.56 Å². The normalized spacial score (nSPS) is 13.8. The summed E-state index contributed by atoms with van der Waals surface area (Å²) in [6, 6.07) is 11.7. The van der Waals surface area contributed by atoms with Crippen molar-refractivity contribution in [2.45, 2.75) is 32.6 Å². The van der Waals surface area contributed by atoms with Gasteiger partial charge in [0.25, 0.3) is 0 Å². The molecule has 24 heavy (non-hydrogen) atoms. The molecule has 2 aromatic rings. The highest BCUT2D eigenvalue weighted by Gasteiger charge is 2.20. The van der Waals surface area contributed by atoms with E-state index in [1.165, 1.54) is 22.9 Å². The van der Waals surface area contributed by atoms with Crippen molar-refractivity contribution < 1.29 is 4.79 Å². The number of rotatable bonds is 4. The van der Waals surface area contributed by atoms with Crippen LogP contribution in [0.4, 0.5) is 10.7 Å². The minimum Gasteiger partial charge on any atom is -0.350 e. The summed E-state index contributed by atoms with van der Waals surface area (Å²) in [5.41, 5.74) is 3.41. The van der Waals surface area contributed by atoms with Crippen molar-refractivity contribution in [1.82, 2.24) is 0 Å². The van der Waals surface area contributed by atoms with E-state index in [4.69, 9.17) is 0 Å². The molecule has 2 N–H and O–H groups in total. The van der Waals surface area contributed by atoms with Crippen LogP contribution >= 0.6 is 11.3 Å². The van der Waals surface area contributed by atoms with E-state index in [1.54, 1.807) is 11.3 Å². The molecule has 0 fully saturated rings. The van der Waals surface area contributed by atoms with E-state index in [9.17, 15) is 10.1 Å². The van der Waals surface area contributed by atoms with Crippen LogP contribution in [-0.2, 0) is 17.6 Å². The van der Waals surface area contributed by atoms with Crippen LogP contribution in [0, 0.1) is 11.3 Å². The first kappa shape index (κ1) is 16.3. The smallest absolute Gasteiger partial charge is 0.250 e. The summed E-state index contributed by atoms with van der Waals surface area (Å²) in [6.45, 7) is 1.84. The standard InChI is InChI=1S/C19H19N3OS/c1-13(11-18(23)22-14-7-3-2-4-8-14)21-19-16(12-20)15-9-5-6-10-17(15)24-19/h2-4,7-8,11,21H,5-6,9-10H2,1H3,(H,22,23)/b13-11-. The van der Waals surface area contributed by atoms with Crippen molar-refractivity contribution in [1.29, 1.82) is 5.26 Å². The Morgan fingerprint density at radius 3 is 2.71 bits per heavy atom. The lowest BCUT2D eigenvalue weighted by Gasteiger charge is -2.09. The summed E-state index contributed by atoms with van der Waals surface area (Å²) in [6.07, 6.45) is 5.88. The highest BCUT2D eigenvalue weighted by molar-refractivity contribution is 7.16. The van der Waals surface area contributed by atoms with Gasteiger partial charge in [0.1, 0.15) is 11.1 Å². The molecule has 3 rings (SSSR count). The lowest BCUT2D eigenvalue weighted by Crippen LogP contribution is -2.10. The molecule has 0 bridgehead atoms. The Hall–Kier alpha value is -2.58. The van der Waals surface area contributed by atoms with Crippen molar-refractivity contribution in [2.24, 2.45) is 0 Å². The van der Waals surface area contributed by atoms with Crippen LogP contribution < -0.4 is 10.6 Å². The van der Waals surface area contributed by atoms with Crippen LogP contribution in [0.25, 0.3) is 0 Å². The number of carbonyl (C=O) groups is 1. The Bertz CT molecular complexity index is 815. The summed E-state index contributed by atoms with van der Waals surface area (Å²) in [5, 5.41) is 16.4. The second kappa shape index (κ2) is 7.33. The molecule has 0 atom stereocenters. The van der Waals surface area contributed by atoms with Gasteiger partial charge in [-0.15, -0.1) is 11.3 Å². The van der Waals surface area contributed by atoms with Crippen LogP contribution in [0.15, 0.2) is 42.1 Å². The van der Waals surface area contributed by atoms with Crippen molar-refractivity contribution >= 4 is 27.9 Å². The monoisotopic (exact) mass is 337 g/mol. The molecule has 5 heteroatoms. The number of carbonyl (C=O) groups excluding carboxylic acids is 1. The average Bonchev–Trinajstić information content (AvgIpc) is 2.92. The molecular formula is C19H19N3OS. The lowest BCUT2D eigenvalue weighted by atomic mass is 9.96. The molecular weight excluding hydrogens is 318 g/mol. The Morgan fingerprint density at radius 2 is 1.96 bits per heavy atom. The highest BCUT2D eigenvalue weighted by atomic mass is 32.1.